The molecular formula is C26H31N8O4P. The lowest BCUT2D eigenvalue weighted by Crippen LogP contribution is -2.27. The largest absolute Gasteiger partial charge is 0.424 e. The number of nitrogens with zero attached hydrogens (tertiary/aromatic N) is 5. The number of aromatic nitrogens is 4. The topological polar surface area (TPSA) is 171 Å². The van der Waals surface area contributed by atoms with Crippen molar-refractivity contribution >= 4 is 42.1 Å². The highest BCUT2D eigenvalue weighted by atomic mass is 31.2. The molecule has 204 valence electrons. The molecule has 0 spiro atoms. The molecule has 4 aromatic rings. The standard InChI is InChI=1S/C26H31N8O4P/c1-17(2)37-39(36,38-21-7-5-4-6-8-21)14-13-29-25(35)18-9-11-20(12-10-18)34(3)16-19-15-30-24-22(31-19)23(27)32-26(28)33-24/h4-12,15,17H,13-14,16H2,1-3H3,(H,29,35)(H4,27,28,30,32,33). The molecule has 2 aromatic heterocycles. The monoisotopic (exact) mass is 550 g/mol. The molecule has 0 bridgehead atoms. The van der Waals surface area contributed by atoms with Crippen molar-refractivity contribution in [3.63, 3.8) is 0 Å². The number of hydrogen-bond donors (Lipinski definition) is 3. The highest BCUT2D eigenvalue weighted by Gasteiger charge is 2.28. The van der Waals surface area contributed by atoms with Gasteiger partial charge in [-0.05, 0) is 50.2 Å². The Balaban J connectivity index is 1.34. The molecule has 0 aliphatic rings. The van der Waals surface area contributed by atoms with Gasteiger partial charge in [0.25, 0.3) is 5.91 Å². The fraction of sp³-hybridized carbons (Fsp3) is 0.269. The van der Waals surface area contributed by atoms with E-state index < -0.39 is 7.60 Å². The third-order valence-electron chi connectivity index (χ3n) is 5.50. The van der Waals surface area contributed by atoms with Crippen molar-refractivity contribution in [3.8, 4) is 5.75 Å². The van der Waals surface area contributed by atoms with Gasteiger partial charge in [-0.3, -0.25) is 9.32 Å². The zero-order chi connectivity index (χ0) is 28.0. The zero-order valence-electron chi connectivity index (χ0n) is 21.9. The van der Waals surface area contributed by atoms with Crippen LogP contribution in [0.15, 0.2) is 60.8 Å². The number of para-hydroxylation sites is 1. The molecule has 0 aliphatic carbocycles. The van der Waals surface area contributed by atoms with E-state index in [-0.39, 0.29) is 36.5 Å². The third kappa shape index (κ3) is 7.40. The van der Waals surface area contributed by atoms with Crippen LogP contribution in [0.3, 0.4) is 0 Å². The van der Waals surface area contributed by atoms with Crippen LogP contribution in [0.4, 0.5) is 17.5 Å². The van der Waals surface area contributed by atoms with Gasteiger partial charge in [-0.15, -0.1) is 0 Å². The minimum atomic E-state index is -3.48. The lowest BCUT2D eigenvalue weighted by molar-refractivity contribution is 0.0955. The molecule has 2 heterocycles. The van der Waals surface area contributed by atoms with Gasteiger partial charge in [0.2, 0.25) is 5.95 Å². The Morgan fingerprint density at radius 3 is 2.46 bits per heavy atom. The van der Waals surface area contributed by atoms with E-state index in [1.54, 1.807) is 56.4 Å². The summed E-state index contributed by atoms with van der Waals surface area (Å²) in [4.78, 5) is 31.4. The number of hydrogen-bond acceptors (Lipinski definition) is 11. The molecule has 1 unspecified atom stereocenters. The molecule has 0 saturated carbocycles. The molecule has 0 saturated heterocycles. The van der Waals surface area contributed by atoms with Crippen LogP contribution in [0.1, 0.15) is 29.9 Å². The van der Waals surface area contributed by atoms with E-state index >= 15 is 0 Å². The maximum absolute atomic E-state index is 13.3. The van der Waals surface area contributed by atoms with Gasteiger partial charge >= 0.3 is 7.60 Å². The second kappa shape index (κ2) is 12.1. The molecule has 13 heteroatoms. The minimum absolute atomic E-state index is 0.0293. The van der Waals surface area contributed by atoms with Crippen molar-refractivity contribution in [2.45, 2.75) is 26.5 Å². The number of fused-ring (bicyclic) bond motifs is 1. The number of nitrogen functional groups attached to an aromatic ring is 2. The fourth-order valence-electron chi connectivity index (χ4n) is 3.75. The third-order valence-corrected chi connectivity index (χ3v) is 7.50. The van der Waals surface area contributed by atoms with Crippen LogP contribution >= 0.6 is 7.60 Å². The van der Waals surface area contributed by atoms with Gasteiger partial charge < -0.3 is 26.2 Å². The summed E-state index contributed by atoms with van der Waals surface area (Å²) in [6.07, 6.45) is 1.34. The first kappa shape index (κ1) is 27.7. The fourth-order valence-corrected chi connectivity index (χ4v) is 5.46. The van der Waals surface area contributed by atoms with Crippen molar-refractivity contribution in [2.24, 2.45) is 0 Å². The number of carbonyl (C=O) groups is 1. The van der Waals surface area contributed by atoms with E-state index in [0.717, 1.165) is 5.69 Å². The predicted octanol–water partition coefficient (Wildman–Crippen LogP) is 3.65. The smallest absolute Gasteiger partial charge is 0.381 e. The second-order valence-electron chi connectivity index (χ2n) is 9.05. The molecule has 5 N–H and O–H groups in total. The quantitative estimate of drug-likeness (QED) is 0.233. The molecule has 1 amide bonds. The molecule has 12 nitrogen and oxygen atoms in total. The summed E-state index contributed by atoms with van der Waals surface area (Å²) in [5, 5.41) is 2.79. The lowest BCUT2D eigenvalue weighted by Gasteiger charge is -2.21. The van der Waals surface area contributed by atoms with Crippen LogP contribution in [0.5, 0.6) is 5.75 Å². The molecule has 0 fully saturated rings. The van der Waals surface area contributed by atoms with Crippen LogP contribution in [-0.2, 0) is 15.6 Å². The average Bonchev–Trinajstić information content (AvgIpc) is 2.89. The number of anilines is 3. The first-order valence-electron chi connectivity index (χ1n) is 12.3. The number of benzene rings is 2. The summed E-state index contributed by atoms with van der Waals surface area (Å²) in [5.41, 5.74) is 14.2. The van der Waals surface area contributed by atoms with Gasteiger partial charge in [-0.1, -0.05) is 18.2 Å². The molecular weight excluding hydrogens is 519 g/mol. The Kier molecular flexibility index (Phi) is 8.58. The number of carbonyl (C=O) groups excluding carboxylic acids is 1. The van der Waals surface area contributed by atoms with Gasteiger partial charge in [-0.2, -0.15) is 9.97 Å². The minimum Gasteiger partial charge on any atom is -0.424 e. The Labute approximate surface area is 226 Å². The zero-order valence-corrected chi connectivity index (χ0v) is 22.8. The normalized spacial score (nSPS) is 12.7. The van der Waals surface area contributed by atoms with E-state index in [1.807, 2.05) is 30.1 Å². The highest BCUT2D eigenvalue weighted by Crippen LogP contribution is 2.48. The Morgan fingerprint density at radius 2 is 1.77 bits per heavy atom. The van der Waals surface area contributed by atoms with Crippen LogP contribution in [-0.4, -0.2) is 51.7 Å². The molecule has 1 atom stereocenters. The highest BCUT2D eigenvalue weighted by molar-refractivity contribution is 7.54. The summed E-state index contributed by atoms with van der Waals surface area (Å²) in [5.74, 6) is 0.365. The molecule has 0 radical (unpaired) electrons. The van der Waals surface area contributed by atoms with Gasteiger partial charge in [0.05, 0.1) is 30.7 Å². The van der Waals surface area contributed by atoms with E-state index in [9.17, 15) is 9.36 Å². The molecule has 39 heavy (non-hydrogen) atoms. The Hall–Kier alpha value is -4.28. The predicted molar refractivity (Wildman–Crippen MR) is 151 cm³/mol. The molecule has 0 aliphatic heterocycles. The summed E-state index contributed by atoms with van der Waals surface area (Å²) < 4.78 is 24.5. The average molecular weight is 551 g/mol. The van der Waals surface area contributed by atoms with Crippen molar-refractivity contribution in [1.29, 1.82) is 0 Å². The molecule has 4 rings (SSSR count). The SMILES string of the molecule is CC(C)OP(=O)(CCNC(=O)c1ccc(N(C)Cc2cnc3nc(N)nc(N)c3n2)cc1)Oc1ccccc1. The van der Waals surface area contributed by atoms with Crippen LogP contribution in [0, 0.1) is 0 Å². The summed E-state index contributed by atoms with van der Waals surface area (Å²) in [6, 6.07) is 15.9. The van der Waals surface area contributed by atoms with E-state index in [4.69, 9.17) is 20.5 Å². The maximum atomic E-state index is 13.3. The van der Waals surface area contributed by atoms with Gasteiger partial charge in [0, 0.05) is 24.8 Å². The number of nitrogens with two attached hydrogens (primary N) is 2. The Bertz CT molecular complexity index is 1490. The summed E-state index contributed by atoms with van der Waals surface area (Å²) >= 11 is 0. The lowest BCUT2D eigenvalue weighted by atomic mass is 10.2. The van der Waals surface area contributed by atoms with Crippen LogP contribution in [0.2, 0.25) is 0 Å². The van der Waals surface area contributed by atoms with Crippen molar-refractivity contribution in [1.82, 2.24) is 25.3 Å². The van der Waals surface area contributed by atoms with Crippen molar-refractivity contribution in [2.75, 3.05) is 36.1 Å². The summed E-state index contributed by atoms with van der Waals surface area (Å²) in [7, 11) is -1.58. The Morgan fingerprint density at radius 1 is 1.05 bits per heavy atom. The van der Waals surface area contributed by atoms with Gasteiger partial charge in [0.15, 0.2) is 17.0 Å². The number of amides is 1. The van der Waals surface area contributed by atoms with Gasteiger partial charge in [-0.25, -0.2) is 14.5 Å². The molecule has 2 aromatic carbocycles. The first-order valence-corrected chi connectivity index (χ1v) is 14.0. The van der Waals surface area contributed by atoms with Crippen LogP contribution in [0.25, 0.3) is 11.2 Å². The second-order valence-corrected chi connectivity index (χ2v) is 11.1. The summed E-state index contributed by atoms with van der Waals surface area (Å²) in [6.45, 7) is 4.12. The number of rotatable bonds is 11. The van der Waals surface area contributed by atoms with E-state index in [1.165, 1.54) is 0 Å². The van der Waals surface area contributed by atoms with Crippen LogP contribution < -0.4 is 26.2 Å². The number of nitrogens with one attached hydrogen (secondary N) is 1. The first-order chi connectivity index (χ1) is 18.6. The van der Waals surface area contributed by atoms with E-state index in [0.29, 0.717) is 34.7 Å². The van der Waals surface area contributed by atoms with E-state index in [2.05, 4.69) is 25.3 Å². The van der Waals surface area contributed by atoms with Gasteiger partial charge in [0.1, 0.15) is 5.75 Å². The van der Waals surface area contributed by atoms with Crippen molar-refractivity contribution < 1.29 is 18.4 Å². The van der Waals surface area contributed by atoms with Crippen molar-refractivity contribution in [3.05, 3.63) is 72.1 Å². The maximum Gasteiger partial charge on any atom is 0.381 e.